The van der Waals surface area contributed by atoms with Crippen LogP contribution < -0.4 is 0 Å². The molecule has 0 amide bonds. The summed E-state index contributed by atoms with van der Waals surface area (Å²) < 4.78 is 5.22. The van der Waals surface area contributed by atoms with Gasteiger partial charge in [0.25, 0.3) is 0 Å². The predicted molar refractivity (Wildman–Crippen MR) is 58.9 cm³/mol. The fraction of sp³-hybridized carbons (Fsp3) is 0.857. The van der Waals surface area contributed by atoms with Gasteiger partial charge in [-0.25, -0.2) is 0 Å². The van der Waals surface area contributed by atoms with Crippen LogP contribution in [0.2, 0.25) is 6.04 Å². The molecule has 2 nitrogen and oxygen atoms in total. The molecule has 0 atom stereocenters. The van der Waals surface area contributed by atoms with Crippen molar-refractivity contribution < 1.29 is 9.53 Å². The lowest BCUT2D eigenvalue weighted by Crippen LogP contribution is -2.10. The van der Waals surface area contributed by atoms with Crippen LogP contribution >= 0.6 is 33.2 Å². The highest BCUT2D eigenvalue weighted by Crippen LogP contribution is 2.26. The Labute approximate surface area is 93.6 Å². The number of carbonyl (C=O) groups excluding carboxylic acids is 1. The molecule has 0 saturated heterocycles. The molecule has 0 aliphatic heterocycles. The Morgan fingerprint density at radius 3 is 2.31 bits per heavy atom. The maximum Gasteiger partial charge on any atom is 0.341 e. The Balaban J connectivity index is 3.04. The Morgan fingerprint density at radius 1 is 1.15 bits per heavy atom. The average molecular weight is 264 g/mol. The second kappa shape index (κ2) is 8.06. The predicted octanol–water partition coefficient (Wildman–Crippen LogP) is 3.03. The van der Waals surface area contributed by atoms with Gasteiger partial charge in [-0.1, -0.05) is 0 Å². The zero-order valence-corrected chi connectivity index (χ0v) is 10.5. The van der Waals surface area contributed by atoms with Crippen LogP contribution in [0.1, 0.15) is 19.3 Å². The van der Waals surface area contributed by atoms with E-state index in [-0.39, 0.29) is 0 Å². The number of unbranched alkanes of at least 4 members (excludes halogenated alkanes) is 1. The third-order valence-electron chi connectivity index (χ3n) is 1.36. The summed E-state index contributed by atoms with van der Waals surface area (Å²) in [6.45, 7) is 1.22. The SMILES string of the molecule is O=CCCCOCCC[Si](Cl)(Cl)Cl. The molecule has 0 aromatic carbocycles. The van der Waals surface area contributed by atoms with Crippen molar-refractivity contribution in [3.05, 3.63) is 0 Å². The van der Waals surface area contributed by atoms with Gasteiger partial charge < -0.3 is 9.53 Å². The van der Waals surface area contributed by atoms with E-state index in [0.29, 0.717) is 25.7 Å². The Hall–Kier alpha value is 0.717. The highest BCUT2D eigenvalue weighted by molar-refractivity contribution is 7.64. The van der Waals surface area contributed by atoms with Crippen molar-refractivity contribution in [2.45, 2.75) is 25.3 Å². The van der Waals surface area contributed by atoms with E-state index in [1.54, 1.807) is 0 Å². The van der Waals surface area contributed by atoms with Gasteiger partial charge in [-0.05, 0) is 18.9 Å². The van der Waals surface area contributed by atoms with Gasteiger partial charge >= 0.3 is 6.00 Å². The van der Waals surface area contributed by atoms with E-state index >= 15 is 0 Å². The molecule has 0 aromatic heterocycles. The van der Waals surface area contributed by atoms with Crippen LogP contribution in [0, 0.1) is 0 Å². The number of halogens is 3. The van der Waals surface area contributed by atoms with Crippen LogP contribution in [-0.2, 0) is 9.53 Å². The summed E-state index contributed by atoms with van der Waals surface area (Å²) >= 11 is 17.0. The van der Waals surface area contributed by atoms with E-state index in [1.807, 2.05) is 0 Å². The molecule has 0 N–H and O–H groups in total. The van der Waals surface area contributed by atoms with Crippen molar-refractivity contribution in [2.75, 3.05) is 13.2 Å². The highest BCUT2D eigenvalue weighted by Gasteiger charge is 2.23. The standard InChI is InChI=1S/C7H13Cl3O2Si/c8-13(9,10)7-3-6-12-5-2-1-4-11/h4H,1-3,5-7H2. The molecule has 0 saturated carbocycles. The number of hydrogen-bond donors (Lipinski definition) is 0. The highest BCUT2D eigenvalue weighted by atomic mass is 35.8. The Morgan fingerprint density at radius 2 is 1.77 bits per heavy atom. The van der Waals surface area contributed by atoms with Gasteiger partial charge in [0, 0.05) is 19.6 Å². The molecule has 0 bridgehead atoms. The zero-order chi connectivity index (χ0) is 10.2. The first kappa shape index (κ1) is 13.7. The normalized spacial score (nSPS) is 11.6. The Bertz CT molecular complexity index is 138. The van der Waals surface area contributed by atoms with E-state index in [4.69, 9.17) is 38.0 Å². The number of ether oxygens (including phenoxy) is 1. The molecule has 0 rings (SSSR count). The summed E-state index contributed by atoms with van der Waals surface area (Å²) in [5, 5.41) is 0. The quantitative estimate of drug-likeness (QED) is 0.291. The van der Waals surface area contributed by atoms with Crippen LogP contribution in [-0.4, -0.2) is 25.5 Å². The van der Waals surface area contributed by atoms with E-state index < -0.39 is 6.00 Å². The molecule has 0 aromatic rings. The molecule has 78 valence electrons. The van der Waals surface area contributed by atoms with Gasteiger partial charge in [0.05, 0.1) is 0 Å². The molecule has 6 heteroatoms. The number of hydrogen-bond acceptors (Lipinski definition) is 2. The number of carbonyl (C=O) groups is 1. The lowest BCUT2D eigenvalue weighted by Gasteiger charge is -2.07. The zero-order valence-electron chi connectivity index (χ0n) is 7.27. The summed E-state index contributed by atoms with van der Waals surface area (Å²) in [6, 6.07) is -1.82. The number of rotatable bonds is 8. The van der Waals surface area contributed by atoms with E-state index in [1.165, 1.54) is 0 Å². The molecule has 0 aliphatic rings. The van der Waals surface area contributed by atoms with Crippen LogP contribution in [0.4, 0.5) is 0 Å². The molecule has 0 heterocycles. The summed E-state index contributed by atoms with van der Waals surface area (Å²) in [5.74, 6) is 0. The summed E-state index contributed by atoms with van der Waals surface area (Å²) in [5.41, 5.74) is 0. The molecular weight excluding hydrogens is 251 g/mol. The monoisotopic (exact) mass is 262 g/mol. The topological polar surface area (TPSA) is 26.3 Å². The largest absolute Gasteiger partial charge is 0.381 e. The van der Waals surface area contributed by atoms with Crippen molar-refractivity contribution in [1.29, 1.82) is 0 Å². The molecule has 0 unspecified atom stereocenters. The second-order valence-corrected chi connectivity index (χ2v) is 11.9. The van der Waals surface area contributed by atoms with Crippen LogP contribution in [0.3, 0.4) is 0 Å². The van der Waals surface area contributed by atoms with Crippen molar-refractivity contribution >= 4 is 45.5 Å². The fourth-order valence-electron chi connectivity index (χ4n) is 0.745. The molecular formula is C7H13Cl3O2Si. The Kier molecular flexibility index (Phi) is 8.51. The summed E-state index contributed by atoms with van der Waals surface area (Å²) in [4.78, 5) is 9.92. The van der Waals surface area contributed by atoms with Crippen LogP contribution in [0.25, 0.3) is 0 Å². The van der Waals surface area contributed by atoms with Gasteiger partial charge in [-0.2, -0.15) is 0 Å². The van der Waals surface area contributed by atoms with E-state index in [2.05, 4.69) is 0 Å². The fourth-order valence-corrected chi connectivity index (χ4v) is 2.49. The smallest absolute Gasteiger partial charge is 0.341 e. The maximum atomic E-state index is 9.92. The van der Waals surface area contributed by atoms with Crippen molar-refractivity contribution in [3.8, 4) is 0 Å². The van der Waals surface area contributed by atoms with Gasteiger partial charge in [0.2, 0.25) is 0 Å². The molecule has 0 aliphatic carbocycles. The molecule has 13 heavy (non-hydrogen) atoms. The minimum Gasteiger partial charge on any atom is -0.381 e. The molecule has 0 fully saturated rings. The first-order valence-electron chi connectivity index (χ1n) is 4.14. The van der Waals surface area contributed by atoms with E-state index in [0.717, 1.165) is 19.1 Å². The van der Waals surface area contributed by atoms with Gasteiger partial charge in [-0.15, -0.1) is 33.2 Å². The van der Waals surface area contributed by atoms with Crippen molar-refractivity contribution in [1.82, 2.24) is 0 Å². The summed E-state index contributed by atoms with van der Waals surface area (Å²) in [6.07, 6.45) is 3.00. The first-order chi connectivity index (χ1) is 6.06. The van der Waals surface area contributed by atoms with Gasteiger partial charge in [0.1, 0.15) is 6.29 Å². The summed E-state index contributed by atoms with van der Waals surface area (Å²) in [7, 11) is 0. The van der Waals surface area contributed by atoms with Gasteiger partial charge in [0.15, 0.2) is 0 Å². The lowest BCUT2D eigenvalue weighted by atomic mass is 10.3. The third-order valence-corrected chi connectivity index (χ3v) is 3.98. The van der Waals surface area contributed by atoms with Crippen molar-refractivity contribution in [3.63, 3.8) is 0 Å². The minimum atomic E-state index is -2.45. The minimum absolute atomic E-state index is 0.555. The van der Waals surface area contributed by atoms with Crippen LogP contribution in [0.15, 0.2) is 0 Å². The lowest BCUT2D eigenvalue weighted by molar-refractivity contribution is -0.108. The van der Waals surface area contributed by atoms with Gasteiger partial charge in [-0.3, -0.25) is 0 Å². The van der Waals surface area contributed by atoms with E-state index in [9.17, 15) is 4.79 Å². The second-order valence-electron chi connectivity index (χ2n) is 2.64. The molecule has 0 spiro atoms. The third kappa shape index (κ3) is 12.7. The molecule has 0 radical (unpaired) electrons. The van der Waals surface area contributed by atoms with Crippen molar-refractivity contribution in [2.24, 2.45) is 0 Å². The first-order valence-corrected chi connectivity index (χ1v) is 9.38. The average Bonchev–Trinajstić information content (AvgIpc) is 2.01. The van der Waals surface area contributed by atoms with Crippen LogP contribution in [0.5, 0.6) is 0 Å². The number of aldehydes is 1. The maximum absolute atomic E-state index is 9.92.